The number of rotatable bonds is 5. The Kier molecular flexibility index (Phi) is 4.58. The molecule has 0 saturated heterocycles. The highest BCUT2D eigenvalue weighted by molar-refractivity contribution is 6.31. The van der Waals surface area contributed by atoms with Crippen molar-refractivity contribution in [3.8, 4) is 0 Å². The Morgan fingerprint density at radius 1 is 1.32 bits per heavy atom. The molecular formula is C14H14ClFN2O. The molecule has 0 fully saturated rings. The maximum Gasteiger partial charge on any atom is 0.224 e. The average Bonchev–Trinajstić information content (AvgIpc) is 2.87. The number of halogens is 2. The van der Waals surface area contributed by atoms with E-state index in [-0.39, 0.29) is 10.9 Å². The predicted molar refractivity (Wildman–Crippen MR) is 73.7 cm³/mol. The molecule has 1 aromatic carbocycles. The lowest BCUT2D eigenvalue weighted by Gasteiger charge is -2.06. The van der Waals surface area contributed by atoms with Crippen molar-refractivity contribution in [3.63, 3.8) is 0 Å². The van der Waals surface area contributed by atoms with E-state index in [0.717, 1.165) is 13.0 Å². The second-order valence-electron chi connectivity index (χ2n) is 4.20. The first kappa shape index (κ1) is 13.6. The van der Waals surface area contributed by atoms with Crippen LogP contribution in [-0.2, 0) is 11.3 Å². The highest BCUT2D eigenvalue weighted by atomic mass is 35.5. The molecule has 0 atom stereocenters. The molecule has 0 saturated carbocycles. The second kappa shape index (κ2) is 6.38. The van der Waals surface area contributed by atoms with Gasteiger partial charge in [0.1, 0.15) is 5.82 Å². The highest BCUT2D eigenvalue weighted by Crippen LogP contribution is 2.19. The van der Waals surface area contributed by atoms with Gasteiger partial charge < -0.3 is 9.88 Å². The van der Waals surface area contributed by atoms with Gasteiger partial charge in [0.2, 0.25) is 5.91 Å². The number of aryl methyl sites for hydroxylation is 1. The lowest BCUT2D eigenvalue weighted by Crippen LogP contribution is -2.12. The van der Waals surface area contributed by atoms with E-state index < -0.39 is 5.82 Å². The number of amides is 1. The minimum atomic E-state index is -0.493. The van der Waals surface area contributed by atoms with Crippen molar-refractivity contribution >= 4 is 23.2 Å². The van der Waals surface area contributed by atoms with E-state index in [4.69, 9.17) is 11.6 Å². The summed E-state index contributed by atoms with van der Waals surface area (Å²) in [5.41, 5.74) is 0.511. The van der Waals surface area contributed by atoms with Crippen LogP contribution in [0.25, 0.3) is 0 Å². The minimum absolute atomic E-state index is 0.00476. The number of anilines is 1. The maximum absolute atomic E-state index is 12.9. The Labute approximate surface area is 116 Å². The van der Waals surface area contributed by atoms with Crippen LogP contribution >= 0.6 is 11.6 Å². The smallest absolute Gasteiger partial charge is 0.224 e. The first-order valence-electron chi connectivity index (χ1n) is 6.01. The van der Waals surface area contributed by atoms with Crippen LogP contribution in [-0.4, -0.2) is 10.5 Å². The molecule has 0 bridgehead atoms. The van der Waals surface area contributed by atoms with E-state index in [1.54, 1.807) is 0 Å². The second-order valence-corrected chi connectivity index (χ2v) is 4.61. The molecule has 1 heterocycles. The standard InChI is InChI=1S/C14H14ClFN2O/c15-12-10-11(5-6-13(12)16)17-14(19)4-3-9-18-7-1-2-8-18/h1-2,5-8,10H,3-4,9H2,(H,17,19). The summed E-state index contributed by atoms with van der Waals surface area (Å²) in [5, 5.41) is 2.70. The quantitative estimate of drug-likeness (QED) is 0.890. The average molecular weight is 281 g/mol. The summed E-state index contributed by atoms with van der Waals surface area (Å²) in [6, 6.07) is 8.02. The molecule has 19 heavy (non-hydrogen) atoms. The van der Waals surface area contributed by atoms with Crippen molar-refractivity contribution in [3.05, 3.63) is 53.6 Å². The summed E-state index contributed by atoms with van der Waals surface area (Å²) in [6.07, 6.45) is 5.07. The van der Waals surface area contributed by atoms with Crippen molar-refractivity contribution in [1.82, 2.24) is 4.57 Å². The van der Waals surface area contributed by atoms with Gasteiger partial charge in [0.15, 0.2) is 0 Å². The third-order valence-electron chi connectivity index (χ3n) is 2.69. The Morgan fingerprint density at radius 2 is 2.05 bits per heavy atom. The Morgan fingerprint density at radius 3 is 2.74 bits per heavy atom. The minimum Gasteiger partial charge on any atom is -0.354 e. The number of nitrogens with one attached hydrogen (secondary N) is 1. The van der Waals surface area contributed by atoms with E-state index in [2.05, 4.69) is 5.32 Å². The number of nitrogens with zero attached hydrogens (tertiary/aromatic N) is 1. The molecule has 0 aliphatic carbocycles. The van der Waals surface area contributed by atoms with E-state index >= 15 is 0 Å². The molecule has 1 aromatic heterocycles. The number of hydrogen-bond donors (Lipinski definition) is 1. The fraction of sp³-hybridized carbons (Fsp3) is 0.214. The van der Waals surface area contributed by atoms with Crippen molar-refractivity contribution in [2.45, 2.75) is 19.4 Å². The molecule has 100 valence electrons. The van der Waals surface area contributed by atoms with Gasteiger partial charge in [-0.25, -0.2) is 4.39 Å². The van der Waals surface area contributed by atoms with Gasteiger partial charge in [-0.15, -0.1) is 0 Å². The number of hydrogen-bond acceptors (Lipinski definition) is 1. The fourth-order valence-corrected chi connectivity index (χ4v) is 1.92. The largest absolute Gasteiger partial charge is 0.354 e. The summed E-state index contributed by atoms with van der Waals surface area (Å²) >= 11 is 5.64. The first-order valence-corrected chi connectivity index (χ1v) is 6.38. The van der Waals surface area contributed by atoms with Crippen molar-refractivity contribution in [2.75, 3.05) is 5.32 Å². The third kappa shape index (κ3) is 4.10. The number of benzene rings is 1. The zero-order valence-electron chi connectivity index (χ0n) is 10.3. The molecule has 0 spiro atoms. The zero-order valence-corrected chi connectivity index (χ0v) is 11.0. The molecule has 0 aliphatic heterocycles. The number of carbonyl (C=O) groups is 1. The van der Waals surface area contributed by atoms with Crippen LogP contribution in [0.5, 0.6) is 0 Å². The van der Waals surface area contributed by atoms with Crippen LogP contribution < -0.4 is 5.32 Å². The van der Waals surface area contributed by atoms with Gasteiger partial charge in [0.25, 0.3) is 0 Å². The van der Waals surface area contributed by atoms with E-state index in [1.165, 1.54) is 18.2 Å². The molecule has 0 aliphatic rings. The van der Waals surface area contributed by atoms with Crippen LogP contribution in [0.3, 0.4) is 0 Å². The van der Waals surface area contributed by atoms with Crippen molar-refractivity contribution in [2.24, 2.45) is 0 Å². The maximum atomic E-state index is 12.9. The van der Waals surface area contributed by atoms with E-state index in [0.29, 0.717) is 12.1 Å². The first-order chi connectivity index (χ1) is 9.15. The summed E-state index contributed by atoms with van der Waals surface area (Å²) in [7, 11) is 0. The Bertz CT molecular complexity index is 555. The van der Waals surface area contributed by atoms with E-state index in [9.17, 15) is 9.18 Å². The molecule has 2 aromatic rings. The Hall–Kier alpha value is -1.81. The summed E-state index contributed by atoms with van der Waals surface area (Å²) in [6.45, 7) is 0.796. The molecular weight excluding hydrogens is 267 g/mol. The van der Waals surface area contributed by atoms with Crippen LogP contribution in [0.1, 0.15) is 12.8 Å². The van der Waals surface area contributed by atoms with Gasteiger partial charge in [-0.2, -0.15) is 0 Å². The third-order valence-corrected chi connectivity index (χ3v) is 2.98. The normalized spacial score (nSPS) is 10.4. The molecule has 0 radical (unpaired) electrons. The summed E-state index contributed by atoms with van der Waals surface area (Å²) in [5.74, 6) is -0.595. The molecule has 0 unspecified atom stereocenters. The fourth-order valence-electron chi connectivity index (χ4n) is 1.74. The van der Waals surface area contributed by atoms with Crippen molar-refractivity contribution in [1.29, 1.82) is 0 Å². The van der Waals surface area contributed by atoms with Gasteiger partial charge in [-0.1, -0.05) is 11.6 Å². The topological polar surface area (TPSA) is 34.0 Å². The van der Waals surface area contributed by atoms with Crippen molar-refractivity contribution < 1.29 is 9.18 Å². The number of aromatic nitrogens is 1. The van der Waals surface area contributed by atoms with Crippen LogP contribution in [0, 0.1) is 5.82 Å². The predicted octanol–water partition coefficient (Wildman–Crippen LogP) is 3.70. The summed E-state index contributed by atoms with van der Waals surface area (Å²) < 4.78 is 15.0. The molecule has 2 rings (SSSR count). The lowest BCUT2D eigenvalue weighted by molar-refractivity contribution is -0.116. The summed E-state index contributed by atoms with van der Waals surface area (Å²) in [4.78, 5) is 11.7. The molecule has 5 heteroatoms. The Balaban J connectivity index is 1.79. The van der Waals surface area contributed by atoms with Crippen LogP contribution in [0.4, 0.5) is 10.1 Å². The van der Waals surface area contributed by atoms with Gasteiger partial charge in [0.05, 0.1) is 5.02 Å². The SMILES string of the molecule is O=C(CCCn1cccc1)Nc1ccc(F)c(Cl)c1. The lowest BCUT2D eigenvalue weighted by atomic mass is 10.2. The molecule has 1 amide bonds. The molecule has 1 N–H and O–H groups in total. The highest BCUT2D eigenvalue weighted by Gasteiger charge is 2.05. The molecule has 3 nitrogen and oxygen atoms in total. The van der Waals surface area contributed by atoms with Crippen LogP contribution in [0.2, 0.25) is 5.02 Å². The van der Waals surface area contributed by atoms with Crippen LogP contribution in [0.15, 0.2) is 42.7 Å². The van der Waals surface area contributed by atoms with Gasteiger partial charge in [-0.05, 0) is 36.8 Å². The zero-order chi connectivity index (χ0) is 13.7. The van der Waals surface area contributed by atoms with Gasteiger partial charge in [0, 0.05) is 31.0 Å². The van der Waals surface area contributed by atoms with E-state index in [1.807, 2.05) is 29.1 Å². The monoisotopic (exact) mass is 280 g/mol. The van der Waals surface area contributed by atoms with Gasteiger partial charge >= 0.3 is 0 Å². The number of carbonyl (C=O) groups excluding carboxylic acids is 1. The van der Waals surface area contributed by atoms with Gasteiger partial charge in [-0.3, -0.25) is 4.79 Å².